The van der Waals surface area contributed by atoms with Crippen molar-refractivity contribution in [2.24, 2.45) is 0 Å². The Kier molecular flexibility index (Phi) is 9.21. The van der Waals surface area contributed by atoms with Crippen LogP contribution in [0.25, 0.3) is 11.1 Å². The van der Waals surface area contributed by atoms with Gasteiger partial charge in [0.05, 0.1) is 11.7 Å². The Balaban J connectivity index is 2.05. The highest BCUT2D eigenvalue weighted by atomic mass is 31.2. The number of unbranched alkanes of at least 4 members (excludes halogenated alkanes) is 3. The SMILES string of the molecule is CCCCCCC(C)(C)c1cc(O)c(-c2cccc(C)c2)c(OP(=O)(Cc2ccccc2)OC)c1. The minimum Gasteiger partial charge on any atom is -0.507 e. The normalized spacial score (nSPS) is 13.4. The van der Waals surface area contributed by atoms with E-state index in [0.29, 0.717) is 11.3 Å². The summed E-state index contributed by atoms with van der Waals surface area (Å²) < 4.78 is 25.4. The molecule has 5 heteroatoms. The Morgan fingerprint density at radius 1 is 0.943 bits per heavy atom. The number of hydrogen-bond donors (Lipinski definition) is 1. The third kappa shape index (κ3) is 7.22. The van der Waals surface area contributed by atoms with E-state index in [1.165, 1.54) is 26.4 Å². The van der Waals surface area contributed by atoms with E-state index < -0.39 is 7.60 Å². The van der Waals surface area contributed by atoms with Gasteiger partial charge >= 0.3 is 7.60 Å². The van der Waals surface area contributed by atoms with Crippen LogP contribution in [0.4, 0.5) is 0 Å². The minimum absolute atomic E-state index is 0.118. The molecule has 0 bridgehead atoms. The number of phenolic OH excluding ortho intramolecular Hbond substituents is 1. The van der Waals surface area contributed by atoms with E-state index in [1.807, 2.05) is 73.7 Å². The fourth-order valence-electron chi connectivity index (χ4n) is 4.38. The predicted molar refractivity (Wildman–Crippen MR) is 145 cm³/mol. The molecule has 3 aromatic carbocycles. The zero-order valence-electron chi connectivity index (χ0n) is 21.7. The molecule has 0 aliphatic heterocycles. The van der Waals surface area contributed by atoms with Gasteiger partial charge in [-0.2, -0.15) is 0 Å². The lowest BCUT2D eigenvalue weighted by molar-refractivity contribution is 0.320. The molecule has 0 amide bonds. The fraction of sp³-hybridized carbons (Fsp3) is 0.400. The van der Waals surface area contributed by atoms with Gasteiger partial charge in [-0.15, -0.1) is 0 Å². The van der Waals surface area contributed by atoms with Crippen molar-refractivity contribution in [2.75, 3.05) is 7.11 Å². The molecular weight excluding hydrogens is 455 g/mol. The van der Waals surface area contributed by atoms with Crippen LogP contribution in [-0.4, -0.2) is 12.2 Å². The van der Waals surface area contributed by atoms with Crippen molar-refractivity contribution in [3.63, 3.8) is 0 Å². The zero-order chi connectivity index (χ0) is 25.5. The summed E-state index contributed by atoms with van der Waals surface area (Å²) in [5.74, 6) is 0.500. The van der Waals surface area contributed by atoms with Gasteiger partial charge in [-0.25, -0.2) is 4.57 Å². The van der Waals surface area contributed by atoms with Crippen LogP contribution in [0, 0.1) is 6.92 Å². The molecule has 3 rings (SSSR count). The quantitative estimate of drug-likeness (QED) is 0.202. The van der Waals surface area contributed by atoms with Crippen molar-refractivity contribution in [3.05, 3.63) is 83.4 Å². The molecule has 1 N–H and O–H groups in total. The summed E-state index contributed by atoms with van der Waals surface area (Å²) in [6, 6.07) is 21.2. The summed E-state index contributed by atoms with van der Waals surface area (Å²) in [6.07, 6.45) is 5.84. The second-order valence-electron chi connectivity index (χ2n) is 9.96. The maximum absolute atomic E-state index is 13.8. The highest BCUT2D eigenvalue weighted by Crippen LogP contribution is 2.54. The number of hydrogen-bond acceptors (Lipinski definition) is 4. The zero-order valence-corrected chi connectivity index (χ0v) is 22.6. The summed E-state index contributed by atoms with van der Waals surface area (Å²) in [6.45, 7) is 8.58. The van der Waals surface area contributed by atoms with Crippen LogP contribution < -0.4 is 4.52 Å². The van der Waals surface area contributed by atoms with Crippen molar-refractivity contribution >= 4 is 7.60 Å². The first-order valence-corrected chi connectivity index (χ1v) is 14.2. The van der Waals surface area contributed by atoms with E-state index in [9.17, 15) is 9.67 Å². The van der Waals surface area contributed by atoms with Crippen molar-refractivity contribution in [3.8, 4) is 22.6 Å². The molecule has 188 valence electrons. The smallest absolute Gasteiger partial charge is 0.383 e. The van der Waals surface area contributed by atoms with Crippen LogP contribution in [0.15, 0.2) is 66.7 Å². The van der Waals surface area contributed by atoms with Crippen molar-refractivity contribution in [2.45, 2.75) is 71.4 Å². The Morgan fingerprint density at radius 2 is 1.69 bits per heavy atom. The molecule has 0 fully saturated rings. The first-order chi connectivity index (χ1) is 16.7. The molecule has 1 unspecified atom stereocenters. The van der Waals surface area contributed by atoms with Crippen LogP contribution in [-0.2, 0) is 20.7 Å². The molecule has 35 heavy (non-hydrogen) atoms. The molecule has 0 aliphatic carbocycles. The maximum Gasteiger partial charge on any atom is 0.383 e. The molecule has 3 aromatic rings. The second kappa shape index (κ2) is 11.9. The van der Waals surface area contributed by atoms with Crippen molar-refractivity contribution in [1.82, 2.24) is 0 Å². The van der Waals surface area contributed by atoms with Gasteiger partial charge in [0, 0.05) is 7.11 Å². The van der Waals surface area contributed by atoms with Crippen LogP contribution in [0.3, 0.4) is 0 Å². The summed E-state index contributed by atoms with van der Waals surface area (Å²) in [4.78, 5) is 0. The summed E-state index contributed by atoms with van der Waals surface area (Å²) in [5, 5.41) is 11.2. The van der Waals surface area contributed by atoms with Gasteiger partial charge < -0.3 is 14.2 Å². The van der Waals surface area contributed by atoms with Crippen LogP contribution in [0.5, 0.6) is 11.5 Å². The van der Waals surface area contributed by atoms with E-state index in [4.69, 9.17) is 9.05 Å². The topological polar surface area (TPSA) is 55.8 Å². The van der Waals surface area contributed by atoms with Crippen molar-refractivity contribution in [1.29, 1.82) is 0 Å². The molecule has 0 radical (unpaired) electrons. The number of aryl methyl sites for hydroxylation is 1. The molecular formula is C30H39O4P. The second-order valence-corrected chi connectivity index (χ2v) is 12.0. The number of aromatic hydroxyl groups is 1. The van der Waals surface area contributed by atoms with Crippen LogP contribution >= 0.6 is 7.60 Å². The fourth-order valence-corrected chi connectivity index (χ4v) is 5.75. The Hall–Kier alpha value is -2.55. The lowest BCUT2D eigenvalue weighted by atomic mass is 9.79. The van der Waals surface area contributed by atoms with E-state index >= 15 is 0 Å². The Morgan fingerprint density at radius 3 is 2.34 bits per heavy atom. The summed E-state index contributed by atoms with van der Waals surface area (Å²) in [5.41, 5.74) is 4.06. The maximum atomic E-state index is 13.8. The average molecular weight is 495 g/mol. The predicted octanol–water partition coefficient (Wildman–Crippen LogP) is 9.03. The van der Waals surface area contributed by atoms with Crippen molar-refractivity contribution < 1.29 is 18.7 Å². The third-order valence-corrected chi connectivity index (χ3v) is 8.34. The van der Waals surface area contributed by atoms with Gasteiger partial charge in [-0.05, 0) is 47.6 Å². The van der Waals surface area contributed by atoms with Crippen LogP contribution in [0.1, 0.15) is 69.6 Å². The molecule has 0 aliphatic rings. The van der Waals surface area contributed by atoms with E-state index in [-0.39, 0.29) is 17.3 Å². The molecule has 0 heterocycles. The molecule has 1 atom stereocenters. The Labute approximate surface area is 210 Å². The van der Waals surface area contributed by atoms with E-state index in [2.05, 4.69) is 20.8 Å². The largest absolute Gasteiger partial charge is 0.507 e. The molecule has 0 aromatic heterocycles. The summed E-state index contributed by atoms with van der Waals surface area (Å²) >= 11 is 0. The average Bonchev–Trinajstić information content (AvgIpc) is 2.82. The Bertz CT molecular complexity index is 1150. The lowest BCUT2D eigenvalue weighted by Gasteiger charge is -2.28. The minimum atomic E-state index is -3.54. The van der Waals surface area contributed by atoms with E-state index in [1.54, 1.807) is 0 Å². The molecule has 0 spiro atoms. The highest BCUT2D eigenvalue weighted by molar-refractivity contribution is 7.53. The number of benzene rings is 3. The molecule has 4 nitrogen and oxygen atoms in total. The van der Waals surface area contributed by atoms with Gasteiger partial charge in [0.1, 0.15) is 11.5 Å². The van der Waals surface area contributed by atoms with Gasteiger partial charge in [0.15, 0.2) is 0 Å². The van der Waals surface area contributed by atoms with Crippen LogP contribution in [0.2, 0.25) is 0 Å². The highest BCUT2D eigenvalue weighted by Gasteiger charge is 2.30. The molecule has 0 saturated heterocycles. The third-order valence-electron chi connectivity index (χ3n) is 6.56. The van der Waals surface area contributed by atoms with Gasteiger partial charge in [0.25, 0.3) is 0 Å². The van der Waals surface area contributed by atoms with Gasteiger partial charge in [-0.1, -0.05) is 107 Å². The standard InChI is InChI=1S/C30H39O4P/c1-6-7-8-12-18-30(3,4)26-20-27(31)29(25-17-13-14-23(2)19-25)28(21-26)34-35(32,33-5)22-24-15-10-9-11-16-24/h9-11,13-17,19-21,31H,6-8,12,18,22H2,1-5H3. The summed E-state index contributed by atoms with van der Waals surface area (Å²) in [7, 11) is -2.12. The van der Waals surface area contributed by atoms with E-state index in [0.717, 1.165) is 35.1 Å². The van der Waals surface area contributed by atoms with Gasteiger partial charge in [-0.3, -0.25) is 0 Å². The van der Waals surface area contributed by atoms with Gasteiger partial charge in [0.2, 0.25) is 0 Å². The number of phenols is 1. The first-order valence-electron chi connectivity index (χ1n) is 12.5. The lowest BCUT2D eigenvalue weighted by Crippen LogP contribution is -2.17. The molecule has 0 saturated carbocycles. The monoisotopic (exact) mass is 494 g/mol. The first kappa shape index (κ1) is 27.0. The number of rotatable bonds is 12.